The molecule has 1 fully saturated rings. The van der Waals surface area contributed by atoms with Gasteiger partial charge in [0.1, 0.15) is 11.5 Å². The summed E-state index contributed by atoms with van der Waals surface area (Å²) >= 11 is 0. The van der Waals surface area contributed by atoms with E-state index in [0.29, 0.717) is 43.9 Å². The minimum absolute atomic E-state index is 0.139. The van der Waals surface area contributed by atoms with E-state index in [2.05, 4.69) is 4.40 Å². The van der Waals surface area contributed by atoms with E-state index in [1.165, 1.54) is 0 Å². The second kappa shape index (κ2) is 7.39. The topological polar surface area (TPSA) is 76.0 Å². The number of sulfonamides is 1. The van der Waals surface area contributed by atoms with Gasteiger partial charge in [-0.2, -0.15) is 8.42 Å². The van der Waals surface area contributed by atoms with E-state index < -0.39 is 10.0 Å². The number of rotatable bonds is 4. The van der Waals surface area contributed by atoms with Crippen LogP contribution in [0, 0.1) is 5.92 Å². The molecule has 0 unspecified atom stereocenters. The van der Waals surface area contributed by atoms with Crippen molar-refractivity contribution < 1.29 is 17.9 Å². The molecule has 0 amide bonds. The molecule has 0 bridgehead atoms. The highest BCUT2D eigenvalue weighted by atomic mass is 32.2. The van der Waals surface area contributed by atoms with Gasteiger partial charge in [-0.05, 0) is 31.4 Å². The molecular weight excluding hydrogens is 340 g/mol. The van der Waals surface area contributed by atoms with E-state index >= 15 is 0 Å². The molecule has 2 aliphatic heterocycles. The lowest BCUT2D eigenvalue weighted by atomic mass is 9.96. The maximum Gasteiger partial charge on any atom is 0.309 e. The number of ether oxygens (including phenoxy) is 1. The summed E-state index contributed by atoms with van der Waals surface area (Å²) in [6.45, 7) is 3.52. The van der Waals surface area contributed by atoms with E-state index in [4.69, 9.17) is 4.74 Å². The summed E-state index contributed by atoms with van der Waals surface area (Å²) in [6.07, 6.45) is 6.01. The van der Waals surface area contributed by atoms with Crippen LogP contribution in [-0.4, -0.2) is 44.8 Å². The Morgan fingerprint density at radius 2 is 2.00 bits per heavy atom. The summed E-state index contributed by atoms with van der Waals surface area (Å²) in [4.78, 5) is 14.3. The maximum atomic E-state index is 12.2. The number of allylic oxidation sites excluding steroid dienone is 1. The molecule has 0 aromatic heterocycles. The van der Waals surface area contributed by atoms with Crippen molar-refractivity contribution in [3.8, 4) is 0 Å². The average Bonchev–Trinajstić information content (AvgIpc) is 2.90. The molecule has 134 valence electrons. The molecule has 7 heteroatoms. The Morgan fingerprint density at radius 3 is 2.72 bits per heavy atom. The van der Waals surface area contributed by atoms with Crippen LogP contribution in [0.15, 0.2) is 45.7 Å². The Bertz CT molecular complexity index is 806. The van der Waals surface area contributed by atoms with Gasteiger partial charge in [0, 0.05) is 18.7 Å². The molecular formula is C18H22N2O4S. The Hall–Kier alpha value is -2.15. The van der Waals surface area contributed by atoms with Crippen molar-refractivity contribution >= 4 is 21.8 Å². The lowest BCUT2D eigenvalue weighted by Crippen LogP contribution is -2.40. The fourth-order valence-electron chi connectivity index (χ4n) is 3.13. The molecule has 0 N–H and O–H groups in total. The third-order valence-corrected chi connectivity index (χ3v) is 5.79. The number of amidine groups is 1. The molecule has 1 aromatic rings. The van der Waals surface area contributed by atoms with Crippen LogP contribution >= 0.6 is 0 Å². The zero-order chi connectivity index (χ0) is 17.9. The highest BCUT2D eigenvalue weighted by molar-refractivity contribution is 7.90. The minimum atomic E-state index is -3.60. The molecule has 0 aliphatic carbocycles. The van der Waals surface area contributed by atoms with Gasteiger partial charge in [0.25, 0.3) is 10.0 Å². The number of fused-ring (bicyclic) bond motifs is 1. The minimum Gasteiger partial charge on any atom is -0.461 e. The number of benzene rings is 1. The number of likely N-dealkylation sites (tertiary alicyclic amines) is 1. The predicted molar refractivity (Wildman–Crippen MR) is 94.9 cm³/mol. The molecule has 0 saturated carbocycles. The summed E-state index contributed by atoms with van der Waals surface area (Å²) in [5.74, 6) is 0.176. The Kier molecular flexibility index (Phi) is 5.22. The van der Waals surface area contributed by atoms with Crippen LogP contribution in [0.3, 0.4) is 0 Å². The van der Waals surface area contributed by atoms with Crippen molar-refractivity contribution in [2.75, 3.05) is 19.7 Å². The van der Waals surface area contributed by atoms with Crippen LogP contribution in [-0.2, 0) is 19.6 Å². The Balaban J connectivity index is 1.62. The van der Waals surface area contributed by atoms with Gasteiger partial charge in [-0.15, -0.1) is 4.40 Å². The number of carbonyl (C=O) groups is 1. The van der Waals surface area contributed by atoms with Gasteiger partial charge in [0.2, 0.25) is 0 Å². The second-order valence-corrected chi connectivity index (χ2v) is 7.73. The van der Waals surface area contributed by atoms with Crippen LogP contribution in [0.25, 0.3) is 0 Å². The normalized spacial score (nSPS) is 19.7. The average molecular weight is 362 g/mol. The first-order valence-electron chi connectivity index (χ1n) is 8.54. The molecule has 1 aromatic carbocycles. The third kappa shape index (κ3) is 3.76. The van der Waals surface area contributed by atoms with Crippen LogP contribution in [0.2, 0.25) is 0 Å². The van der Waals surface area contributed by atoms with E-state index in [0.717, 1.165) is 6.42 Å². The molecule has 1 saturated heterocycles. The Labute approximate surface area is 148 Å². The van der Waals surface area contributed by atoms with Gasteiger partial charge < -0.3 is 9.64 Å². The van der Waals surface area contributed by atoms with Crippen LogP contribution < -0.4 is 0 Å². The standard InChI is InChI=1S/C18H22N2O4S/c1-2-3-6-13-24-18(21)14-9-11-20(12-10-14)17-15-7-4-5-8-16(15)25(22,23)19-17/h3-8,14H,2,9-13H2,1H3/b6-3+. The van der Waals surface area contributed by atoms with Gasteiger partial charge in [0.15, 0.2) is 5.84 Å². The number of piperidine rings is 1. The molecule has 2 aliphatic rings. The maximum absolute atomic E-state index is 12.2. The molecule has 2 heterocycles. The van der Waals surface area contributed by atoms with E-state index in [9.17, 15) is 13.2 Å². The zero-order valence-corrected chi connectivity index (χ0v) is 15.0. The second-order valence-electron chi connectivity index (χ2n) is 6.16. The highest BCUT2D eigenvalue weighted by Crippen LogP contribution is 2.29. The summed E-state index contributed by atoms with van der Waals surface area (Å²) in [5.41, 5.74) is 0.647. The fraction of sp³-hybridized carbons (Fsp3) is 0.444. The number of esters is 1. The van der Waals surface area contributed by atoms with Crippen molar-refractivity contribution in [1.82, 2.24) is 4.90 Å². The van der Waals surface area contributed by atoms with Gasteiger partial charge >= 0.3 is 5.97 Å². The molecule has 25 heavy (non-hydrogen) atoms. The van der Waals surface area contributed by atoms with Crippen molar-refractivity contribution in [3.63, 3.8) is 0 Å². The molecule has 0 atom stereocenters. The third-order valence-electron chi connectivity index (χ3n) is 4.46. The van der Waals surface area contributed by atoms with Gasteiger partial charge in [-0.1, -0.05) is 31.2 Å². The van der Waals surface area contributed by atoms with Crippen molar-refractivity contribution in [2.24, 2.45) is 10.3 Å². The summed E-state index contributed by atoms with van der Waals surface area (Å²) in [5, 5.41) is 0. The lowest BCUT2D eigenvalue weighted by molar-refractivity contribution is -0.148. The fourth-order valence-corrected chi connectivity index (χ4v) is 4.35. The zero-order valence-electron chi connectivity index (χ0n) is 14.2. The first kappa shape index (κ1) is 17.7. The van der Waals surface area contributed by atoms with Crippen LogP contribution in [0.5, 0.6) is 0 Å². The van der Waals surface area contributed by atoms with E-state index in [1.807, 2.05) is 30.0 Å². The predicted octanol–water partition coefficient (Wildman–Crippen LogP) is 2.36. The van der Waals surface area contributed by atoms with Crippen LogP contribution in [0.4, 0.5) is 0 Å². The SMILES string of the molecule is CC/C=C/COC(=O)C1CCN(C2=NS(=O)(=O)c3ccccc32)CC1. The molecule has 3 rings (SSSR count). The first-order chi connectivity index (χ1) is 12.0. The van der Waals surface area contributed by atoms with Crippen molar-refractivity contribution in [2.45, 2.75) is 31.1 Å². The monoisotopic (exact) mass is 362 g/mol. The largest absolute Gasteiger partial charge is 0.461 e. The number of carbonyl (C=O) groups excluding carboxylic acids is 1. The van der Waals surface area contributed by atoms with Crippen molar-refractivity contribution in [1.29, 1.82) is 0 Å². The summed E-state index contributed by atoms with van der Waals surface area (Å²) in [6, 6.07) is 6.86. The Morgan fingerprint density at radius 1 is 1.28 bits per heavy atom. The quantitative estimate of drug-likeness (QED) is 0.607. The van der Waals surface area contributed by atoms with Gasteiger partial charge in [-0.25, -0.2) is 0 Å². The van der Waals surface area contributed by atoms with Crippen molar-refractivity contribution in [3.05, 3.63) is 42.0 Å². The van der Waals surface area contributed by atoms with E-state index in [-0.39, 0.29) is 16.8 Å². The molecule has 0 spiro atoms. The number of hydrogen-bond acceptors (Lipinski definition) is 5. The first-order valence-corrected chi connectivity index (χ1v) is 9.98. The van der Waals surface area contributed by atoms with Gasteiger partial charge in [-0.3, -0.25) is 4.79 Å². The van der Waals surface area contributed by atoms with E-state index in [1.54, 1.807) is 18.2 Å². The highest BCUT2D eigenvalue weighted by Gasteiger charge is 2.34. The molecule has 6 nitrogen and oxygen atoms in total. The summed E-state index contributed by atoms with van der Waals surface area (Å²) < 4.78 is 33.5. The summed E-state index contributed by atoms with van der Waals surface area (Å²) in [7, 11) is -3.60. The number of nitrogens with zero attached hydrogens (tertiary/aromatic N) is 2. The van der Waals surface area contributed by atoms with Crippen LogP contribution in [0.1, 0.15) is 31.7 Å². The van der Waals surface area contributed by atoms with Gasteiger partial charge in [0.05, 0.1) is 5.92 Å². The smallest absolute Gasteiger partial charge is 0.309 e. The molecule has 0 radical (unpaired) electrons. The number of hydrogen-bond donors (Lipinski definition) is 0. The lowest BCUT2D eigenvalue weighted by Gasteiger charge is -2.32.